The molecule has 0 saturated heterocycles. The van der Waals surface area contributed by atoms with Crippen molar-refractivity contribution in [2.24, 2.45) is 0 Å². The fourth-order valence-electron chi connectivity index (χ4n) is 1.35. The first kappa shape index (κ1) is 12.1. The Kier molecular flexibility index (Phi) is 3.30. The third kappa shape index (κ3) is 2.67. The van der Waals surface area contributed by atoms with Crippen LogP contribution >= 0.6 is 0 Å². The van der Waals surface area contributed by atoms with E-state index in [9.17, 15) is 8.42 Å². The SMILES string of the molecule is N#CCc1ccc(S(=O)(=O)Nc2cnoc2)cc1. The Bertz CT molecular complexity index is 655. The van der Waals surface area contributed by atoms with Gasteiger partial charge >= 0.3 is 0 Å². The maximum absolute atomic E-state index is 11.9. The van der Waals surface area contributed by atoms with Crippen molar-refractivity contribution in [2.45, 2.75) is 11.3 Å². The van der Waals surface area contributed by atoms with Gasteiger partial charge in [-0.1, -0.05) is 17.3 Å². The molecule has 7 heteroatoms. The lowest BCUT2D eigenvalue weighted by Gasteiger charge is -2.05. The van der Waals surface area contributed by atoms with E-state index >= 15 is 0 Å². The number of anilines is 1. The van der Waals surface area contributed by atoms with Crippen LogP contribution in [0.2, 0.25) is 0 Å². The predicted octanol–water partition coefficient (Wildman–Crippen LogP) is 1.54. The minimum absolute atomic E-state index is 0.116. The number of hydrogen-bond donors (Lipinski definition) is 1. The summed E-state index contributed by atoms with van der Waals surface area (Å²) in [7, 11) is -3.65. The molecule has 92 valence electrons. The monoisotopic (exact) mass is 263 g/mol. The van der Waals surface area contributed by atoms with Crippen LogP contribution in [-0.2, 0) is 16.4 Å². The zero-order chi connectivity index (χ0) is 13.0. The minimum Gasteiger partial charge on any atom is -0.362 e. The van der Waals surface area contributed by atoms with E-state index in [0.29, 0.717) is 0 Å². The molecular formula is C11H9N3O3S. The Hall–Kier alpha value is -2.33. The molecule has 1 aromatic carbocycles. The van der Waals surface area contributed by atoms with Crippen molar-refractivity contribution in [3.8, 4) is 6.07 Å². The van der Waals surface area contributed by atoms with Crippen LogP contribution in [0.25, 0.3) is 0 Å². The molecule has 1 N–H and O–H groups in total. The molecule has 0 saturated carbocycles. The molecule has 0 atom stereocenters. The number of aromatic nitrogens is 1. The summed E-state index contributed by atoms with van der Waals surface area (Å²) in [5, 5.41) is 11.9. The van der Waals surface area contributed by atoms with Gasteiger partial charge in [0.25, 0.3) is 10.0 Å². The number of rotatable bonds is 4. The Balaban J connectivity index is 2.22. The van der Waals surface area contributed by atoms with Gasteiger partial charge in [0.2, 0.25) is 0 Å². The van der Waals surface area contributed by atoms with Crippen molar-refractivity contribution in [1.29, 1.82) is 5.26 Å². The summed E-state index contributed by atoms with van der Waals surface area (Å²) in [5.74, 6) is 0. The highest BCUT2D eigenvalue weighted by atomic mass is 32.2. The van der Waals surface area contributed by atoms with Crippen LogP contribution in [0.1, 0.15) is 5.56 Å². The maximum atomic E-state index is 11.9. The largest absolute Gasteiger partial charge is 0.362 e. The molecule has 1 heterocycles. The molecule has 0 unspecified atom stereocenters. The van der Waals surface area contributed by atoms with Gasteiger partial charge < -0.3 is 4.52 Å². The molecule has 1 aromatic heterocycles. The average molecular weight is 263 g/mol. The summed E-state index contributed by atoms with van der Waals surface area (Å²) in [6, 6.07) is 8.09. The highest BCUT2D eigenvalue weighted by molar-refractivity contribution is 7.92. The fourth-order valence-corrected chi connectivity index (χ4v) is 2.37. The quantitative estimate of drug-likeness (QED) is 0.902. The van der Waals surface area contributed by atoms with Crippen LogP contribution in [0.3, 0.4) is 0 Å². The molecule has 2 aromatic rings. The van der Waals surface area contributed by atoms with Crippen LogP contribution in [0, 0.1) is 11.3 Å². The maximum Gasteiger partial charge on any atom is 0.262 e. The van der Waals surface area contributed by atoms with Gasteiger partial charge in [0.15, 0.2) is 0 Å². The second-order valence-electron chi connectivity index (χ2n) is 3.50. The summed E-state index contributed by atoms with van der Waals surface area (Å²) < 4.78 is 30.7. The van der Waals surface area contributed by atoms with Crippen LogP contribution in [-0.4, -0.2) is 13.6 Å². The van der Waals surface area contributed by atoms with Gasteiger partial charge in [-0.2, -0.15) is 5.26 Å². The van der Waals surface area contributed by atoms with E-state index in [0.717, 1.165) is 5.56 Å². The predicted molar refractivity (Wildman–Crippen MR) is 63.1 cm³/mol. The number of benzene rings is 1. The second-order valence-corrected chi connectivity index (χ2v) is 5.18. The number of nitrogens with zero attached hydrogens (tertiary/aromatic N) is 2. The first-order chi connectivity index (χ1) is 8.62. The summed E-state index contributed by atoms with van der Waals surface area (Å²) in [5.41, 5.74) is 1.03. The second kappa shape index (κ2) is 4.89. The van der Waals surface area contributed by atoms with Gasteiger partial charge in [0, 0.05) is 0 Å². The van der Waals surface area contributed by atoms with Gasteiger partial charge in [-0.15, -0.1) is 0 Å². The summed E-state index contributed by atoms with van der Waals surface area (Å²) >= 11 is 0. The van der Waals surface area contributed by atoms with Gasteiger partial charge in [-0.3, -0.25) is 4.72 Å². The molecule has 0 spiro atoms. The zero-order valence-corrected chi connectivity index (χ0v) is 10.0. The Labute approximate surface area is 104 Å². The normalized spacial score (nSPS) is 10.8. The topological polar surface area (TPSA) is 96.0 Å². The third-order valence-corrected chi connectivity index (χ3v) is 3.60. The van der Waals surface area contributed by atoms with Crippen molar-refractivity contribution in [3.63, 3.8) is 0 Å². The first-order valence-corrected chi connectivity index (χ1v) is 6.48. The molecule has 0 bridgehead atoms. The molecular weight excluding hydrogens is 254 g/mol. The highest BCUT2D eigenvalue weighted by Crippen LogP contribution is 2.16. The minimum atomic E-state index is -3.65. The van der Waals surface area contributed by atoms with Gasteiger partial charge in [-0.05, 0) is 17.7 Å². The van der Waals surface area contributed by atoms with E-state index in [1.54, 1.807) is 12.1 Å². The number of hydrogen-bond acceptors (Lipinski definition) is 5. The first-order valence-electron chi connectivity index (χ1n) is 5.00. The molecule has 0 aliphatic carbocycles. The molecule has 6 nitrogen and oxygen atoms in total. The fraction of sp³-hybridized carbons (Fsp3) is 0.0909. The molecule has 2 rings (SSSR count). The number of nitriles is 1. The van der Waals surface area contributed by atoms with E-state index in [1.165, 1.54) is 24.6 Å². The Morgan fingerprint density at radius 2 is 2.06 bits per heavy atom. The van der Waals surface area contributed by atoms with Crippen LogP contribution in [0.15, 0.2) is 46.1 Å². The molecule has 0 radical (unpaired) electrons. The van der Waals surface area contributed by atoms with Crippen molar-refractivity contribution >= 4 is 15.7 Å². The highest BCUT2D eigenvalue weighted by Gasteiger charge is 2.14. The molecule has 0 fully saturated rings. The van der Waals surface area contributed by atoms with Crippen molar-refractivity contribution in [3.05, 3.63) is 42.3 Å². The van der Waals surface area contributed by atoms with Crippen molar-refractivity contribution in [2.75, 3.05) is 4.72 Å². The Morgan fingerprint density at radius 1 is 1.33 bits per heavy atom. The van der Waals surface area contributed by atoms with E-state index in [2.05, 4.69) is 14.4 Å². The van der Waals surface area contributed by atoms with Gasteiger partial charge in [0.05, 0.1) is 23.6 Å². The van der Waals surface area contributed by atoms with Crippen LogP contribution < -0.4 is 4.72 Å². The summed E-state index contributed by atoms with van der Waals surface area (Å²) in [4.78, 5) is 0.116. The van der Waals surface area contributed by atoms with Gasteiger partial charge in [-0.25, -0.2) is 8.42 Å². The molecule has 0 aliphatic heterocycles. The third-order valence-electron chi connectivity index (χ3n) is 2.20. The Morgan fingerprint density at radius 3 is 2.61 bits per heavy atom. The van der Waals surface area contributed by atoms with E-state index in [1.807, 2.05) is 6.07 Å². The van der Waals surface area contributed by atoms with E-state index < -0.39 is 10.0 Å². The lowest BCUT2D eigenvalue weighted by molar-refractivity contribution is 0.420. The average Bonchev–Trinajstić information content (AvgIpc) is 2.82. The standard InChI is InChI=1S/C11H9N3O3S/c12-6-5-9-1-3-11(4-2-9)18(15,16)14-10-7-13-17-8-10/h1-4,7-8,14H,5H2. The van der Waals surface area contributed by atoms with E-state index in [-0.39, 0.29) is 17.0 Å². The lowest BCUT2D eigenvalue weighted by Crippen LogP contribution is -2.12. The molecule has 0 aliphatic rings. The zero-order valence-electron chi connectivity index (χ0n) is 9.20. The summed E-state index contributed by atoms with van der Waals surface area (Å²) in [6.45, 7) is 0. The van der Waals surface area contributed by atoms with Gasteiger partial charge in [0.1, 0.15) is 12.0 Å². The number of sulfonamides is 1. The number of nitrogens with one attached hydrogen (secondary N) is 1. The molecule has 0 amide bonds. The smallest absolute Gasteiger partial charge is 0.262 e. The lowest BCUT2D eigenvalue weighted by atomic mass is 10.2. The van der Waals surface area contributed by atoms with Crippen LogP contribution in [0.5, 0.6) is 0 Å². The summed E-state index contributed by atoms with van der Waals surface area (Å²) in [6.07, 6.45) is 2.71. The van der Waals surface area contributed by atoms with Crippen LogP contribution in [0.4, 0.5) is 5.69 Å². The molecule has 18 heavy (non-hydrogen) atoms. The van der Waals surface area contributed by atoms with Crippen molar-refractivity contribution in [1.82, 2.24) is 5.16 Å². The van der Waals surface area contributed by atoms with E-state index in [4.69, 9.17) is 5.26 Å². The van der Waals surface area contributed by atoms with Crippen molar-refractivity contribution < 1.29 is 12.9 Å².